The van der Waals surface area contributed by atoms with Crippen molar-refractivity contribution in [1.29, 1.82) is 0 Å². The molecule has 33 heavy (non-hydrogen) atoms. The maximum Gasteiger partial charge on any atom is 0.238 e. The molecule has 0 radical (unpaired) electrons. The number of nitrogens with zero attached hydrogens (tertiary/aromatic N) is 1. The number of rotatable bonds is 6. The number of ether oxygens (including phenoxy) is 2. The topological polar surface area (TPSA) is 38.8 Å². The molecule has 1 fully saturated rings. The highest BCUT2D eigenvalue weighted by Crippen LogP contribution is 2.43. The molecule has 1 atom stereocenters. The predicted octanol–water partition coefficient (Wildman–Crippen LogP) is 7.70. The summed E-state index contributed by atoms with van der Waals surface area (Å²) in [5.74, 6) is 3.41. The van der Waals surface area contributed by atoms with Crippen LogP contribution in [0.25, 0.3) is 0 Å². The molecule has 0 aromatic heterocycles. The number of thioether (sulfide) groups is 1. The van der Waals surface area contributed by atoms with Gasteiger partial charge in [-0.25, -0.2) is 0 Å². The van der Waals surface area contributed by atoms with Crippen molar-refractivity contribution in [3.8, 4) is 23.0 Å². The summed E-state index contributed by atoms with van der Waals surface area (Å²) >= 11 is 7.54. The average molecular weight is 474 g/mol. The molecule has 4 nitrogen and oxygen atoms in total. The normalized spacial score (nSPS) is 15.5. The molecule has 164 valence electrons. The van der Waals surface area contributed by atoms with Crippen LogP contribution in [0.3, 0.4) is 0 Å². The number of para-hydroxylation sites is 1. The molecular weight excluding hydrogens is 454 g/mol. The van der Waals surface area contributed by atoms with Crippen molar-refractivity contribution in [3.05, 3.63) is 114 Å². The zero-order valence-corrected chi connectivity index (χ0v) is 19.1. The Morgan fingerprint density at radius 2 is 1.33 bits per heavy atom. The van der Waals surface area contributed by atoms with Crippen molar-refractivity contribution < 1.29 is 14.3 Å². The second-order valence-corrected chi connectivity index (χ2v) is 8.97. The summed E-state index contributed by atoms with van der Waals surface area (Å²) in [6, 6.07) is 32.3. The lowest BCUT2D eigenvalue weighted by atomic mass is 10.1. The van der Waals surface area contributed by atoms with Gasteiger partial charge in [-0.15, -0.1) is 11.8 Å². The van der Waals surface area contributed by atoms with Gasteiger partial charge in [0.25, 0.3) is 0 Å². The van der Waals surface area contributed by atoms with Crippen LogP contribution >= 0.6 is 23.4 Å². The first-order valence-electron chi connectivity index (χ1n) is 10.5. The summed E-state index contributed by atoms with van der Waals surface area (Å²) < 4.78 is 11.9. The van der Waals surface area contributed by atoms with Gasteiger partial charge in [-0.05, 0) is 78.4 Å². The summed E-state index contributed by atoms with van der Waals surface area (Å²) in [5, 5.41) is 0.534. The Balaban J connectivity index is 1.35. The Morgan fingerprint density at radius 1 is 0.727 bits per heavy atom. The Labute approximate surface area is 201 Å². The highest BCUT2D eigenvalue weighted by Gasteiger charge is 2.34. The smallest absolute Gasteiger partial charge is 0.238 e. The quantitative estimate of drug-likeness (QED) is 0.287. The summed E-state index contributed by atoms with van der Waals surface area (Å²) in [6.45, 7) is 0. The largest absolute Gasteiger partial charge is 0.457 e. The third-order valence-electron chi connectivity index (χ3n) is 5.15. The third kappa shape index (κ3) is 5.00. The molecule has 1 amide bonds. The maximum atomic E-state index is 12.8. The SMILES string of the molecule is O=C1CS[C@H](c2cccc(Oc3ccccc3)c2)N1c1ccc(Oc2ccc(Cl)cc2)cc1. The van der Waals surface area contributed by atoms with Crippen LogP contribution in [0.4, 0.5) is 5.69 Å². The van der Waals surface area contributed by atoms with Crippen LogP contribution in [-0.2, 0) is 4.79 Å². The summed E-state index contributed by atoms with van der Waals surface area (Å²) in [4.78, 5) is 14.6. The van der Waals surface area contributed by atoms with Crippen LogP contribution in [0.1, 0.15) is 10.9 Å². The molecule has 0 unspecified atom stereocenters. The predicted molar refractivity (Wildman–Crippen MR) is 134 cm³/mol. The monoisotopic (exact) mass is 473 g/mol. The lowest BCUT2D eigenvalue weighted by Gasteiger charge is -2.25. The fourth-order valence-electron chi connectivity index (χ4n) is 3.62. The van der Waals surface area contributed by atoms with Gasteiger partial charge in [-0.3, -0.25) is 9.69 Å². The molecule has 0 saturated carbocycles. The second kappa shape index (κ2) is 9.61. The van der Waals surface area contributed by atoms with E-state index in [4.69, 9.17) is 21.1 Å². The van der Waals surface area contributed by atoms with E-state index in [1.165, 1.54) is 0 Å². The fraction of sp³-hybridized carbons (Fsp3) is 0.0741. The number of anilines is 1. The summed E-state index contributed by atoms with van der Waals surface area (Å²) in [6.07, 6.45) is 0. The molecule has 1 saturated heterocycles. The molecule has 6 heteroatoms. The van der Waals surface area contributed by atoms with E-state index in [9.17, 15) is 4.79 Å². The van der Waals surface area contributed by atoms with E-state index in [2.05, 4.69) is 0 Å². The highest BCUT2D eigenvalue weighted by molar-refractivity contribution is 8.00. The van der Waals surface area contributed by atoms with Crippen molar-refractivity contribution in [2.75, 3.05) is 10.7 Å². The zero-order valence-electron chi connectivity index (χ0n) is 17.6. The molecule has 1 aliphatic heterocycles. The lowest BCUT2D eigenvalue weighted by molar-refractivity contribution is -0.115. The van der Waals surface area contributed by atoms with E-state index in [-0.39, 0.29) is 11.3 Å². The van der Waals surface area contributed by atoms with Crippen LogP contribution in [-0.4, -0.2) is 11.7 Å². The van der Waals surface area contributed by atoms with E-state index >= 15 is 0 Å². The molecule has 0 bridgehead atoms. The molecule has 4 aromatic carbocycles. The molecule has 1 heterocycles. The van der Waals surface area contributed by atoms with Crippen LogP contribution < -0.4 is 14.4 Å². The van der Waals surface area contributed by atoms with Crippen molar-refractivity contribution in [3.63, 3.8) is 0 Å². The Kier molecular flexibility index (Phi) is 6.24. The highest BCUT2D eigenvalue weighted by atomic mass is 35.5. The zero-order chi connectivity index (χ0) is 22.6. The number of halogens is 1. The van der Waals surface area contributed by atoms with Gasteiger partial charge >= 0.3 is 0 Å². The molecule has 0 spiro atoms. The number of benzene rings is 4. The van der Waals surface area contributed by atoms with E-state index in [0.29, 0.717) is 22.3 Å². The minimum Gasteiger partial charge on any atom is -0.457 e. The summed E-state index contributed by atoms with van der Waals surface area (Å²) in [5.41, 5.74) is 1.84. The van der Waals surface area contributed by atoms with Crippen molar-refractivity contribution in [2.45, 2.75) is 5.37 Å². The lowest BCUT2D eigenvalue weighted by Crippen LogP contribution is -2.27. The number of amides is 1. The molecule has 1 aliphatic rings. The average Bonchev–Trinajstić information content (AvgIpc) is 3.23. The van der Waals surface area contributed by atoms with Crippen molar-refractivity contribution in [1.82, 2.24) is 0 Å². The maximum absolute atomic E-state index is 12.8. The van der Waals surface area contributed by atoms with E-state index < -0.39 is 0 Å². The van der Waals surface area contributed by atoms with E-state index in [1.807, 2.05) is 95.9 Å². The van der Waals surface area contributed by atoms with Crippen molar-refractivity contribution >= 4 is 35.0 Å². The van der Waals surface area contributed by atoms with Gasteiger partial charge in [-0.1, -0.05) is 41.9 Å². The van der Waals surface area contributed by atoms with Gasteiger partial charge in [-0.2, -0.15) is 0 Å². The van der Waals surface area contributed by atoms with Gasteiger partial charge < -0.3 is 9.47 Å². The second-order valence-electron chi connectivity index (χ2n) is 7.46. The van der Waals surface area contributed by atoms with E-state index in [0.717, 1.165) is 22.7 Å². The Bertz CT molecular complexity index is 1250. The first-order chi connectivity index (χ1) is 16.2. The molecule has 4 aromatic rings. The molecule has 5 rings (SSSR count). The van der Waals surface area contributed by atoms with Gasteiger partial charge in [0.1, 0.15) is 28.4 Å². The number of carbonyl (C=O) groups excluding carboxylic acids is 1. The van der Waals surface area contributed by atoms with Gasteiger partial charge in [0, 0.05) is 10.7 Å². The minimum absolute atomic E-state index is 0.0748. The first-order valence-corrected chi connectivity index (χ1v) is 11.9. The molecule has 0 N–H and O–H groups in total. The van der Waals surface area contributed by atoms with Crippen LogP contribution in [0.5, 0.6) is 23.0 Å². The van der Waals surface area contributed by atoms with Crippen LogP contribution in [0.15, 0.2) is 103 Å². The fourth-order valence-corrected chi connectivity index (χ4v) is 4.91. The first kappa shape index (κ1) is 21.4. The van der Waals surface area contributed by atoms with Gasteiger partial charge in [0.15, 0.2) is 0 Å². The molecular formula is C27H20ClNO3S. The Morgan fingerprint density at radius 3 is 2.06 bits per heavy atom. The van der Waals surface area contributed by atoms with E-state index in [1.54, 1.807) is 23.9 Å². The van der Waals surface area contributed by atoms with Gasteiger partial charge in [0.2, 0.25) is 5.91 Å². The summed E-state index contributed by atoms with van der Waals surface area (Å²) in [7, 11) is 0. The molecule has 0 aliphatic carbocycles. The number of hydrogen-bond donors (Lipinski definition) is 0. The van der Waals surface area contributed by atoms with Crippen LogP contribution in [0, 0.1) is 0 Å². The van der Waals surface area contributed by atoms with Crippen molar-refractivity contribution in [2.24, 2.45) is 0 Å². The van der Waals surface area contributed by atoms with Crippen LogP contribution in [0.2, 0.25) is 5.02 Å². The van der Waals surface area contributed by atoms with Gasteiger partial charge in [0.05, 0.1) is 5.75 Å². The minimum atomic E-state index is -0.125. The third-order valence-corrected chi connectivity index (χ3v) is 6.62. The number of carbonyl (C=O) groups is 1. The standard InChI is InChI=1S/C27H20ClNO3S/c28-20-9-13-23(14-10-20)31-24-15-11-21(12-16-24)29-26(30)18-33-27(29)19-5-4-8-25(17-19)32-22-6-2-1-3-7-22/h1-17,27H,18H2/t27-/m1/s1. The Hall–Kier alpha value is -3.41. The number of hydrogen-bond acceptors (Lipinski definition) is 4.